The van der Waals surface area contributed by atoms with Crippen LogP contribution in [0, 0.1) is 0 Å². The third-order valence-electron chi connectivity index (χ3n) is 5.72. The summed E-state index contributed by atoms with van der Waals surface area (Å²) in [6, 6.07) is 7.13. The fourth-order valence-electron chi connectivity index (χ4n) is 4.17. The molecule has 26 heavy (non-hydrogen) atoms. The number of likely N-dealkylation sites (tertiary alicyclic amines) is 2. The van der Waals surface area contributed by atoms with Crippen molar-refractivity contribution in [1.29, 1.82) is 0 Å². The minimum Gasteiger partial charge on any atom is -0.478 e. The van der Waals surface area contributed by atoms with Crippen LogP contribution in [0.5, 0.6) is 0 Å². The van der Waals surface area contributed by atoms with Crippen LogP contribution in [0.2, 0.25) is 0 Å². The number of amides is 1. The molecule has 1 amide bonds. The van der Waals surface area contributed by atoms with Crippen molar-refractivity contribution in [1.82, 2.24) is 9.80 Å². The second kappa shape index (κ2) is 9.17. The standard InChI is InChI=1S/C21H30N2O3/c24-20(7-5-14-22-12-2-1-3-13-22)23-15-4-6-19(16-23)17-8-10-18(11-9-17)21(25)26/h8-11,19H,1-7,12-16H2,(H,25,26)/t19-/m0/s1. The first-order valence-electron chi connectivity index (χ1n) is 9.97. The Morgan fingerprint density at radius 3 is 2.42 bits per heavy atom. The van der Waals surface area contributed by atoms with E-state index in [2.05, 4.69) is 4.90 Å². The number of nitrogens with zero attached hydrogens (tertiary/aromatic N) is 2. The predicted molar refractivity (Wildman–Crippen MR) is 101 cm³/mol. The van der Waals surface area contributed by atoms with E-state index in [4.69, 9.17) is 5.11 Å². The number of carboxylic acid groups (broad SMARTS) is 1. The van der Waals surface area contributed by atoms with Crippen LogP contribution in [0.25, 0.3) is 0 Å². The Balaban J connectivity index is 1.47. The summed E-state index contributed by atoms with van der Waals surface area (Å²) < 4.78 is 0. The normalized spacial score (nSPS) is 21.5. The van der Waals surface area contributed by atoms with Crippen LogP contribution in [0.1, 0.15) is 66.8 Å². The molecule has 0 spiro atoms. The molecule has 3 rings (SSSR count). The first kappa shape index (κ1) is 18.9. The Hall–Kier alpha value is -1.88. The summed E-state index contributed by atoms with van der Waals surface area (Å²) in [6.45, 7) is 5.03. The highest BCUT2D eigenvalue weighted by Gasteiger charge is 2.24. The molecule has 0 saturated carbocycles. The van der Waals surface area contributed by atoms with Crippen LogP contribution in [0.15, 0.2) is 24.3 Å². The van der Waals surface area contributed by atoms with Crippen molar-refractivity contribution in [3.05, 3.63) is 35.4 Å². The largest absolute Gasteiger partial charge is 0.478 e. The summed E-state index contributed by atoms with van der Waals surface area (Å²) in [5.74, 6) is -0.308. The van der Waals surface area contributed by atoms with Crippen LogP contribution >= 0.6 is 0 Å². The van der Waals surface area contributed by atoms with Gasteiger partial charge in [0.15, 0.2) is 0 Å². The first-order valence-corrected chi connectivity index (χ1v) is 9.97. The highest BCUT2D eigenvalue weighted by atomic mass is 16.4. The molecule has 1 atom stereocenters. The number of hydrogen-bond donors (Lipinski definition) is 1. The zero-order valence-corrected chi connectivity index (χ0v) is 15.5. The van der Waals surface area contributed by atoms with Crippen LogP contribution < -0.4 is 0 Å². The third kappa shape index (κ3) is 5.07. The van der Waals surface area contributed by atoms with E-state index < -0.39 is 5.97 Å². The topological polar surface area (TPSA) is 60.9 Å². The number of benzene rings is 1. The Bertz CT molecular complexity index is 608. The van der Waals surface area contributed by atoms with Gasteiger partial charge in [0.1, 0.15) is 0 Å². The monoisotopic (exact) mass is 358 g/mol. The average molecular weight is 358 g/mol. The molecular formula is C21H30N2O3. The van der Waals surface area contributed by atoms with Gasteiger partial charge in [0.05, 0.1) is 5.56 Å². The summed E-state index contributed by atoms with van der Waals surface area (Å²) >= 11 is 0. The third-order valence-corrected chi connectivity index (χ3v) is 5.72. The van der Waals surface area contributed by atoms with Crippen molar-refractivity contribution in [2.24, 2.45) is 0 Å². The molecule has 2 aliphatic heterocycles. The number of carbonyl (C=O) groups is 2. The van der Waals surface area contributed by atoms with Crippen molar-refractivity contribution in [3.8, 4) is 0 Å². The van der Waals surface area contributed by atoms with Crippen LogP contribution in [-0.4, -0.2) is 59.5 Å². The zero-order valence-electron chi connectivity index (χ0n) is 15.5. The van der Waals surface area contributed by atoms with Gasteiger partial charge in [0.25, 0.3) is 0 Å². The number of rotatable bonds is 6. The Kier molecular flexibility index (Phi) is 6.67. The average Bonchev–Trinajstić information content (AvgIpc) is 2.69. The lowest BCUT2D eigenvalue weighted by Crippen LogP contribution is -2.39. The first-order chi connectivity index (χ1) is 12.6. The van der Waals surface area contributed by atoms with Crippen molar-refractivity contribution >= 4 is 11.9 Å². The quantitative estimate of drug-likeness (QED) is 0.847. The second-order valence-corrected chi connectivity index (χ2v) is 7.61. The smallest absolute Gasteiger partial charge is 0.335 e. The number of aromatic carboxylic acids is 1. The number of carboxylic acids is 1. The molecule has 1 aromatic rings. The van der Waals surface area contributed by atoms with E-state index in [9.17, 15) is 9.59 Å². The van der Waals surface area contributed by atoms with E-state index in [-0.39, 0.29) is 5.91 Å². The molecule has 5 heteroatoms. The Morgan fingerprint density at radius 2 is 1.73 bits per heavy atom. The minimum absolute atomic E-state index is 0.272. The molecule has 5 nitrogen and oxygen atoms in total. The molecule has 1 N–H and O–H groups in total. The van der Waals surface area contributed by atoms with E-state index in [1.807, 2.05) is 17.0 Å². The molecule has 142 valence electrons. The van der Waals surface area contributed by atoms with Crippen molar-refractivity contribution in [2.75, 3.05) is 32.7 Å². The van der Waals surface area contributed by atoms with Gasteiger partial charge < -0.3 is 14.9 Å². The lowest BCUT2D eigenvalue weighted by molar-refractivity contribution is -0.132. The summed E-state index contributed by atoms with van der Waals surface area (Å²) in [7, 11) is 0. The molecular weight excluding hydrogens is 328 g/mol. The maximum Gasteiger partial charge on any atom is 0.335 e. The Morgan fingerprint density at radius 1 is 1.00 bits per heavy atom. The summed E-state index contributed by atoms with van der Waals surface area (Å²) in [6.07, 6.45) is 7.60. The van der Waals surface area contributed by atoms with Crippen molar-refractivity contribution in [2.45, 2.75) is 50.9 Å². The van der Waals surface area contributed by atoms with Gasteiger partial charge in [-0.25, -0.2) is 4.79 Å². The van der Waals surface area contributed by atoms with Crippen molar-refractivity contribution < 1.29 is 14.7 Å². The van der Waals surface area contributed by atoms with Gasteiger partial charge in [0.2, 0.25) is 5.91 Å². The molecule has 0 aromatic heterocycles. The molecule has 0 unspecified atom stereocenters. The van der Waals surface area contributed by atoms with E-state index >= 15 is 0 Å². The minimum atomic E-state index is -0.897. The highest BCUT2D eigenvalue weighted by Crippen LogP contribution is 2.27. The fourth-order valence-corrected chi connectivity index (χ4v) is 4.17. The predicted octanol–water partition coefficient (Wildman–Crippen LogP) is 3.36. The molecule has 1 aromatic carbocycles. The van der Waals surface area contributed by atoms with E-state index in [0.717, 1.165) is 44.5 Å². The maximum atomic E-state index is 12.6. The summed E-state index contributed by atoms with van der Waals surface area (Å²) in [5.41, 5.74) is 1.45. The molecule has 0 bridgehead atoms. The van der Waals surface area contributed by atoms with Gasteiger partial charge in [-0.1, -0.05) is 18.6 Å². The molecule has 2 aliphatic rings. The van der Waals surface area contributed by atoms with Gasteiger partial charge in [-0.05, 0) is 69.4 Å². The number of carbonyl (C=O) groups excluding carboxylic acids is 1. The van der Waals surface area contributed by atoms with Crippen LogP contribution in [0.3, 0.4) is 0 Å². The number of hydrogen-bond acceptors (Lipinski definition) is 3. The Labute approximate surface area is 156 Å². The fraction of sp³-hybridized carbons (Fsp3) is 0.619. The zero-order chi connectivity index (χ0) is 18.4. The van der Waals surface area contributed by atoms with E-state index in [0.29, 0.717) is 17.9 Å². The maximum absolute atomic E-state index is 12.6. The SMILES string of the molecule is O=C(O)c1ccc([C@H]2CCCN(C(=O)CCCN3CCCCC3)C2)cc1. The second-order valence-electron chi connectivity index (χ2n) is 7.61. The highest BCUT2D eigenvalue weighted by molar-refractivity contribution is 5.87. The van der Waals surface area contributed by atoms with Gasteiger partial charge in [0, 0.05) is 25.4 Å². The van der Waals surface area contributed by atoms with Crippen LogP contribution in [0.4, 0.5) is 0 Å². The van der Waals surface area contributed by atoms with E-state index in [1.165, 1.54) is 32.4 Å². The van der Waals surface area contributed by atoms with E-state index in [1.54, 1.807) is 12.1 Å². The molecule has 2 saturated heterocycles. The summed E-state index contributed by atoms with van der Waals surface area (Å²) in [5, 5.41) is 9.02. The molecule has 2 fully saturated rings. The molecule has 0 aliphatic carbocycles. The van der Waals surface area contributed by atoms with Gasteiger partial charge in [-0.2, -0.15) is 0 Å². The van der Waals surface area contributed by atoms with Crippen LogP contribution in [-0.2, 0) is 4.79 Å². The van der Waals surface area contributed by atoms with Gasteiger partial charge >= 0.3 is 5.97 Å². The molecule has 2 heterocycles. The van der Waals surface area contributed by atoms with Crippen molar-refractivity contribution in [3.63, 3.8) is 0 Å². The number of piperidine rings is 2. The lowest BCUT2D eigenvalue weighted by Gasteiger charge is -2.33. The van der Waals surface area contributed by atoms with Gasteiger partial charge in [-0.3, -0.25) is 4.79 Å². The lowest BCUT2D eigenvalue weighted by atomic mass is 9.90. The summed E-state index contributed by atoms with van der Waals surface area (Å²) in [4.78, 5) is 28.1. The molecule has 0 radical (unpaired) electrons. The van der Waals surface area contributed by atoms with Gasteiger partial charge in [-0.15, -0.1) is 0 Å².